The first-order chi connectivity index (χ1) is 13.8. The third-order valence-corrected chi connectivity index (χ3v) is 5.82. The molecule has 2 aliphatic rings. The maximum absolute atomic E-state index is 12.9. The number of cyclic esters (lactones) is 1. The van der Waals surface area contributed by atoms with Crippen LogP contribution in [0.3, 0.4) is 0 Å². The van der Waals surface area contributed by atoms with E-state index in [1.807, 2.05) is 13.8 Å². The summed E-state index contributed by atoms with van der Waals surface area (Å²) in [6.07, 6.45) is 2.66. The van der Waals surface area contributed by atoms with Gasteiger partial charge in [0.1, 0.15) is 12.7 Å². The van der Waals surface area contributed by atoms with E-state index in [1.54, 1.807) is 29.3 Å². The van der Waals surface area contributed by atoms with Crippen molar-refractivity contribution in [3.8, 4) is 0 Å². The van der Waals surface area contributed by atoms with Crippen LogP contribution < -0.4 is 10.7 Å². The van der Waals surface area contributed by atoms with Crippen molar-refractivity contribution in [1.29, 1.82) is 0 Å². The van der Waals surface area contributed by atoms with Crippen molar-refractivity contribution >= 4 is 18.3 Å². The van der Waals surface area contributed by atoms with Gasteiger partial charge in [0.25, 0.3) is 5.91 Å². The number of benzene rings is 1. The molecule has 8 heteroatoms. The molecule has 2 fully saturated rings. The molecule has 4 atom stereocenters. The van der Waals surface area contributed by atoms with E-state index in [-0.39, 0.29) is 23.8 Å². The van der Waals surface area contributed by atoms with Crippen molar-refractivity contribution in [3.05, 3.63) is 35.4 Å². The molecule has 1 unspecified atom stereocenters. The van der Waals surface area contributed by atoms with Gasteiger partial charge in [-0.15, -0.1) is 0 Å². The van der Waals surface area contributed by atoms with Gasteiger partial charge in [0.05, 0.1) is 11.6 Å². The predicted molar refractivity (Wildman–Crippen MR) is 106 cm³/mol. The molecule has 0 radical (unpaired) electrons. The fraction of sp³-hybridized carbons (Fsp3) is 0.571. The van der Waals surface area contributed by atoms with Gasteiger partial charge in [-0.1, -0.05) is 58.2 Å². The fourth-order valence-electron chi connectivity index (χ4n) is 4.10. The lowest BCUT2D eigenvalue weighted by molar-refractivity contribution is -0.0194. The number of aldehydes is 1. The summed E-state index contributed by atoms with van der Waals surface area (Å²) < 4.78 is 5.22. The molecule has 0 saturated carbocycles. The number of aliphatic hydroxyl groups excluding tert-OH is 1. The summed E-state index contributed by atoms with van der Waals surface area (Å²) in [5, 5.41) is 15.5. The van der Waals surface area contributed by atoms with Crippen LogP contribution in [-0.2, 0) is 4.74 Å². The van der Waals surface area contributed by atoms with Crippen LogP contribution in [0.2, 0.25) is 0 Å². The second-order valence-corrected chi connectivity index (χ2v) is 8.45. The largest absolute Gasteiger partial charge is 0.449 e. The number of hydrazine groups is 1. The average Bonchev–Trinajstić information content (AvgIpc) is 3.32. The Morgan fingerprint density at radius 3 is 2.79 bits per heavy atom. The Hall–Kier alpha value is -2.45. The van der Waals surface area contributed by atoms with Crippen LogP contribution in [0.5, 0.6) is 0 Å². The Kier molecular flexibility index (Phi) is 5.95. The Bertz CT molecular complexity index is 796. The lowest BCUT2D eigenvalue weighted by Gasteiger charge is -2.32. The Morgan fingerprint density at radius 1 is 1.38 bits per heavy atom. The topological polar surface area (TPSA) is 108 Å². The van der Waals surface area contributed by atoms with Crippen LogP contribution >= 0.6 is 0 Å². The molecule has 2 heterocycles. The quantitative estimate of drug-likeness (QED) is 0.366. The minimum Gasteiger partial charge on any atom is -0.449 e. The first-order valence-electron chi connectivity index (χ1n) is 10.1. The highest BCUT2D eigenvalue weighted by molar-refractivity contribution is 6.01. The van der Waals surface area contributed by atoms with Crippen molar-refractivity contribution in [1.82, 2.24) is 15.8 Å². The average molecular weight is 403 g/mol. The number of ether oxygens (including phenoxy) is 1. The number of nitrogens with zero attached hydrogens (tertiary/aromatic N) is 1. The summed E-state index contributed by atoms with van der Waals surface area (Å²) in [4.78, 5) is 36.4. The SMILES string of the molecule is CCCCC[C@H]1N(NC(=O)c2ccccc2C=O)[C@]12NC(=O)OCC(C)(C)[C@@H]2O. The number of amides is 2. The first kappa shape index (κ1) is 21.3. The first-order valence-corrected chi connectivity index (χ1v) is 10.1. The minimum absolute atomic E-state index is 0.0686. The van der Waals surface area contributed by atoms with E-state index in [1.165, 1.54) is 0 Å². The van der Waals surface area contributed by atoms with E-state index in [4.69, 9.17) is 4.74 Å². The highest BCUT2D eigenvalue weighted by atomic mass is 16.6. The molecular formula is C21H29N3O5. The van der Waals surface area contributed by atoms with E-state index < -0.39 is 29.2 Å². The summed E-state index contributed by atoms with van der Waals surface area (Å²) in [5.41, 5.74) is 1.47. The maximum atomic E-state index is 12.9. The van der Waals surface area contributed by atoms with Gasteiger partial charge in [-0.05, 0) is 12.5 Å². The molecule has 1 aromatic rings. The van der Waals surface area contributed by atoms with Gasteiger partial charge in [-0.2, -0.15) is 5.01 Å². The van der Waals surface area contributed by atoms with Crippen molar-refractivity contribution in [2.75, 3.05) is 6.61 Å². The van der Waals surface area contributed by atoms with E-state index >= 15 is 0 Å². The molecule has 1 aromatic carbocycles. The molecule has 29 heavy (non-hydrogen) atoms. The summed E-state index contributed by atoms with van der Waals surface area (Å²) in [6, 6.07) is 6.22. The van der Waals surface area contributed by atoms with Crippen LogP contribution in [0.25, 0.3) is 0 Å². The zero-order valence-corrected chi connectivity index (χ0v) is 17.1. The third kappa shape index (κ3) is 3.86. The van der Waals surface area contributed by atoms with Gasteiger partial charge < -0.3 is 9.84 Å². The van der Waals surface area contributed by atoms with Gasteiger partial charge in [-0.3, -0.25) is 20.3 Å². The Morgan fingerprint density at radius 2 is 2.10 bits per heavy atom. The van der Waals surface area contributed by atoms with Gasteiger partial charge in [0.15, 0.2) is 11.9 Å². The normalized spacial score (nSPS) is 30.1. The monoisotopic (exact) mass is 403 g/mol. The van der Waals surface area contributed by atoms with Crippen LogP contribution in [0, 0.1) is 5.41 Å². The molecule has 8 nitrogen and oxygen atoms in total. The summed E-state index contributed by atoms with van der Waals surface area (Å²) in [5.74, 6) is -0.463. The molecule has 2 amide bonds. The lowest BCUT2D eigenvalue weighted by Crippen LogP contribution is -2.55. The molecular weight excluding hydrogens is 374 g/mol. The van der Waals surface area contributed by atoms with Crippen LogP contribution in [0.1, 0.15) is 67.2 Å². The highest BCUT2D eigenvalue weighted by Gasteiger charge is 2.72. The van der Waals surface area contributed by atoms with E-state index in [0.29, 0.717) is 12.7 Å². The van der Waals surface area contributed by atoms with Crippen LogP contribution in [0.4, 0.5) is 4.79 Å². The molecule has 2 saturated heterocycles. The molecule has 3 N–H and O–H groups in total. The minimum atomic E-state index is -1.14. The molecule has 0 aliphatic carbocycles. The highest BCUT2D eigenvalue weighted by Crippen LogP contribution is 2.49. The maximum Gasteiger partial charge on any atom is 0.408 e. The van der Waals surface area contributed by atoms with Crippen molar-refractivity contribution < 1.29 is 24.2 Å². The number of carbonyl (C=O) groups is 3. The van der Waals surface area contributed by atoms with E-state index in [2.05, 4.69) is 17.7 Å². The zero-order valence-electron chi connectivity index (χ0n) is 17.1. The zero-order chi connectivity index (χ0) is 21.2. The molecule has 158 valence electrons. The Balaban J connectivity index is 1.89. The third-order valence-electron chi connectivity index (χ3n) is 5.82. The number of carbonyl (C=O) groups excluding carboxylic acids is 3. The molecule has 2 aliphatic heterocycles. The second-order valence-electron chi connectivity index (χ2n) is 8.45. The molecule has 1 spiro atoms. The van der Waals surface area contributed by atoms with E-state index in [9.17, 15) is 19.5 Å². The fourth-order valence-corrected chi connectivity index (χ4v) is 4.10. The number of alkyl carbamates (subject to hydrolysis) is 1. The van der Waals surface area contributed by atoms with Gasteiger partial charge in [0.2, 0.25) is 0 Å². The van der Waals surface area contributed by atoms with E-state index in [0.717, 1.165) is 19.3 Å². The number of hydrogen-bond donors (Lipinski definition) is 3. The molecule has 3 rings (SSSR count). The van der Waals surface area contributed by atoms with Gasteiger partial charge in [0, 0.05) is 11.0 Å². The number of aliphatic hydroxyl groups is 1. The number of hydrogen-bond acceptors (Lipinski definition) is 6. The second kappa shape index (κ2) is 8.12. The number of nitrogens with one attached hydrogen (secondary N) is 2. The standard InChI is InChI=1S/C21H29N3O5/c1-4-5-6-11-16-21(18(27)20(2,3)13-29-19(28)22-21)24(16)23-17(26)15-10-8-7-9-14(15)12-25/h7-10,12,16,18,27H,4-6,11,13H2,1-3H3,(H,22,28)(H,23,26)/t16-,18+,21-,24?/m1/s1. The number of unbranched alkanes of at least 4 members (excludes halogenated alkanes) is 2. The van der Waals surface area contributed by atoms with Crippen LogP contribution in [-0.4, -0.2) is 52.8 Å². The number of rotatable bonds is 7. The summed E-state index contributed by atoms with van der Waals surface area (Å²) in [6.45, 7) is 5.81. The Labute approximate surface area is 170 Å². The summed E-state index contributed by atoms with van der Waals surface area (Å²) in [7, 11) is 0. The van der Waals surface area contributed by atoms with Crippen LogP contribution in [0.15, 0.2) is 24.3 Å². The van der Waals surface area contributed by atoms with Crippen molar-refractivity contribution in [3.63, 3.8) is 0 Å². The van der Waals surface area contributed by atoms with Gasteiger partial charge >= 0.3 is 6.09 Å². The summed E-state index contributed by atoms with van der Waals surface area (Å²) >= 11 is 0. The predicted octanol–water partition coefficient (Wildman–Crippen LogP) is 2.23. The van der Waals surface area contributed by atoms with Gasteiger partial charge in [-0.25, -0.2) is 4.79 Å². The molecule has 0 aromatic heterocycles. The lowest BCUT2D eigenvalue weighted by atomic mass is 9.81. The smallest absolute Gasteiger partial charge is 0.408 e. The molecule has 0 bridgehead atoms. The van der Waals surface area contributed by atoms with Crippen molar-refractivity contribution in [2.45, 2.75) is 64.3 Å². The van der Waals surface area contributed by atoms with Crippen molar-refractivity contribution in [2.24, 2.45) is 5.41 Å².